The molecule has 0 aliphatic heterocycles. The van der Waals surface area contributed by atoms with Crippen LogP contribution in [0.4, 0.5) is 5.82 Å². The van der Waals surface area contributed by atoms with Crippen molar-refractivity contribution in [3.63, 3.8) is 0 Å². The standard InChI is InChI=1S/C15H11ClN2.C15H12N3.2C2H6.H2N.2Y/c2*16-15-14-4-2-1-3-13(14)12(10-18-15)9-11-5-7-17-8-6-11;2*1-2;;;/h1-8,10H,9H2;1-8,10H,9H2,(H-,16,18);2*1-2H3;1H2;;/q;-1;;;-1;;. The number of pyridine rings is 4. The van der Waals surface area contributed by atoms with Gasteiger partial charge in [0.2, 0.25) is 0 Å². The number of nitrogens with zero attached hydrogens (tertiary/aromatic N) is 4. The van der Waals surface area contributed by atoms with E-state index in [-0.39, 0.29) is 71.6 Å². The summed E-state index contributed by atoms with van der Waals surface area (Å²) in [5.74, 6) is 0.337. The van der Waals surface area contributed by atoms with E-state index in [4.69, 9.17) is 17.3 Å². The average Bonchev–Trinajstić information content (AvgIpc) is 3.04. The van der Waals surface area contributed by atoms with E-state index >= 15 is 0 Å². The molecule has 6 rings (SSSR count). The van der Waals surface area contributed by atoms with Crippen molar-refractivity contribution in [3.8, 4) is 0 Å². The quantitative estimate of drug-likeness (QED) is 0.168. The van der Waals surface area contributed by atoms with Gasteiger partial charge in [-0.2, -0.15) is 0 Å². The molecular weight excluding hydrogens is 706 g/mol. The molecule has 0 saturated heterocycles. The zero-order valence-electron chi connectivity index (χ0n) is 25.2. The fourth-order valence-electron chi connectivity index (χ4n) is 4.19. The van der Waals surface area contributed by atoms with E-state index in [1.165, 1.54) is 16.7 Å². The van der Waals surface area contributed by atoms with E-state index in [9.17, 15) is 0 Å². The molecule has 0 aliphatic carbocycles. The number of hydrogen-bond acceptors (Lipinski definition) is 4. The molecule has 218 valence electrons. The Morgan fingerprint density at radius 3 is 1.40 bits per heavy atom. The van der Waals surface area contributed by atoms with Gasteiger partial charge in [-0.3, -0.25) is 9.97 Å². The van der Waals surface area contributed by atoms with Gasteiger partial charge in [0.05, 0.1) is 0 Å². The van der Waals surface area contributed by atoms with E-state index < -0.39 is 0 Å². The van der Waals surface area contributed by atoms with Crippen LogP contribution in [0.15, 0.2) is 110 Å². The van der Waals surface area contributed by atoms with Crippen LogP contribution in [0.1, 0.15) is 49.9 Å². The van der Waals surface area contributed by atoms with E-state index in [0.29, 0.717) is 11.0 Å². The predicted octanol–water partition coefficient (Wildman–Crippen LogP) is 10.5. The third-order valence-corrected chi connectivity index (χ3v) is 6.30. The zero-order valence-corrected chi connectivity index (χ0v) is 31.6. The first-order valence-corrected chi connectivity index (χ1v) is 13.9. The van der Waals surface area contributed by atoms with Crippen LogP contribution in [0.25, 0.3) is 33.4 Å². The number of fused-ring (bicyclic) bond motifs is 2. The van der Waals surface area contributed by atoms with Gasteiger partial charge in [-0.25, -0.2) is 4.98 Å². The number of rotatable bonds is 4. The molecular formula is C34H37ClN6Y2-2. The molecule has 4 heterocycles. The number of aromatic nitrogens is 4. The second-order valence-corrected chi connectivity index (χ2v) is 8.72. The van der Waals surface area contributed by atoms with Crippen LogP contribution in [0, 0.1) is 0 Å². The van der Waals surface area contributed by atoms with Crippen molar-refractivity contribution in [2.45, 2.75) is 40.5 Å². The van der Waals surface area contributed by atoms with Crippen molar-refractivity contribution in [1.82, 2.24) is 19.9 Å². The first kappa shape index (κ1) is 40.8. The van der Waals surface area contributed by atoms with Gasteiger partial charge < -0.3 is 16.9 Å². The Balaban J connectivity index is 0.000000692. The number of halogens is 1. The SMILES string of the molecule is CC.CC.Clc1ncc(Cc2ccncc2)c2ccccc12.[NH-]c1ncc(Cc2ccncc2)c2ccccc12.[NH2-].[Y].[Y]. The van der Waals surface area contributed by atoms with Crippen molar-refractivity contribution < 1.29 is 65.4 Å². The van der Waals surface area contributed by atoms with Crippen LogP contribution in [0.3, 0.4) is 0 Å². The molecule has 2 aromatic carbocycles. The number of nitrogens with two attached hydrogens (primary N) is 1. The summed E-state index contributed by atoms with van der Waals surface area (Å²) in [5.41, 5.74) is 12.6. The average molecular weight is 743 g/mol. The van der Waals surface area contributed by atoms with Crippen molar-refractivity contribution in [2.75, 3.05) is 0 Å². The monoisotopic (exact) mass is 742 g/mol. The summed E-state index contributed by atoms with van der Waals surface area (Å²) in [6.45, 7) is 8.00. The first-order chi connectivity index (χ1) is 19.7. The molecule has 2 radical (unpaired) electrons. The van der Waals surface area contributed by atoms with Crippen molar-refractivity contribution in [2.24, 2.45) is 0 Å². The molecule has 0 saturated carbocycles. The van der Waals surface area contributed by atoms with Crippen LogP contribution in [-0.2, 0) is 78.3 Å². The minimum Gasteiger partial charge on any atom is -0.693 e. The minimum atomic E-state index is 0. The minimum absolute atomic E-state index is 0. The third kappa shape index (κ3) is 11.7. The van der Waals surface area contributed by atoms with Gasteiger partial charge in [-0.1, -0.05) is 99.8 Å². The van der Waals surface area contributed by atoms with Crippen molar-refractivity contribution in [3.05, 3.63) is 149 Å². The molecule has 3 N–H and O–H groups in total. The Morgan fingerprint density at radius 2 is 0.930 bits per heavy atom. The molecule has 6 aromatic rings. The smallest absolute Gasteiger partial charge is 0.136 e. The Bertz CT molecular complexity index is 1500. The van der Waals surface area contributed by atoms with E-state index in [2.05, 4.69) is 26.0 Å². The Morgan fingerprint density at radius 1 is 0.558 bits per heavy atom. The van der Waals surface area contributed by atoms with Gasteiger partial charge in [-0.15, -0.1) is 0 Å². The van der Waals surface area contributed by atoms with Crippen molar-refractivity contribution >= 4 is 39.0 Å². The molecule has 9 heteroatoms. The predicted molar refractivity (Wildman–Crippen MR) is 175 cm³/mol. The second-order valence-electron chi connectivity index (χ2n) is 8.36. The van der Waals surface area contributed by atoms with Gasteiger partial charge in [0.15, 0.2) is 0 Å². The van der Waals surface area contributed by atoms with Crippen LogP contribution >= 0.6 is 11.6 Å². The topological polar surface area (TPSA) is 109 Å². The molecule has 43 heavy (non-hydrogen) atoms. The van der Waals surface area contributed by atoms with Crippen LogP contribution in [0.2, 0.25) is 5.15 Å². The maximum Gasteiger partial charge on any atom is 0.136 e. The first-order valence-electron chi connectivity index (χ1n) is 13.6. The molecule has 0 atom stereocenters. The Hall–Kier alpha value is -2.18. The largest absolute Gasteiger partial charge is 0.693 e. The molecule has 0 bridgehead atoms. The van der Waals surface area contributed by atoms with E-state index in [0.717, 1.165) is 39.9 Å². The summed E-state index contributed by atoms with van der Waals surface area (Å²) < 4.78 is 0. The van der Waals surface area contributed by atoms with E-state index in [1.807, 2.05) is 101 Å². The molecule has 0 amide bonds. The maximum atomic E-state index is 7.82. The van der Waals surface area contributed by atoms with Gasteiger partial charge in [0.1, 0.15) is 5.15 Å². The number of benzene rings is 2. The van der Waals surface area contributed by atoms with E-state index in [1.54, 1.807) is 31.0 Å². The summed E-state index contributed by atoms with van der Waals surface area (Å²) in [7, 11) is 0. The number of nitrogens with one attached hydrogen (secondary N) is 1. The Kier molecular flexibility index (Phi) is 21.2. The molecule has 6 nitrogen and oxygen atoms in total. The fraction of sp³-hybridized carbons (Fsp3) is 0.176. The van der Waals surface area contributed by atoms with Crippen LogP contribution in [-0.4, -0.2) is 19.9 Å². The fourth-order valence-corrected chi connectivity index (χ4v) is 4.40. The van der Waals surface area contributed by atoms with Crippen LogP contribution in [0.5, 0.6) is 0 Å². The third-order valence-electron chi connectivity index (χ3n) is 5.99. The summed E-state index contributed by atoms with van der Waals surface area (Å²) in [6.07, 6.45) is 12.5. The number of hydrogen-bond donors (Lipinski definition) is 0. The summed E-state index contributed by atoms with van der Waals surface area (Å²) >= 11 is 6.11. The zero-order chi connectivity index (χ0) is 28.7. The van der Waals surface area contributed by atoms with Gasteiger partial charge in [0.25, 0.3) is 0 Å². The molecule has 0 aliphatic rings. The van der Waals surface area contributed by atoms with Crippen molar-refractivity contribution in [1.29, 1.82) is 0 Å². The van der Waals surface area contributed by atoms with Gasteiger partial charge in [0, 0.05) is 102 Å². The molecule has 0 spiro atoms. The Labute approximate surface area is 311 Å². The van der Waals surface area contributed by atoms with Crippen LogP contribution < -0.4 is 0 Å². The molecule has 0 unspecified atom stereocenters. The van der Waals surface area contributed by atoms with Gasteiger partial charge in [-0.05, 0) is 75.5 Å². The van der Waals surface area contributed by atoms with Gasteiger partial charge >= 0.3 is 0 Å². The maximum absolute atomic E-state index is 7.82. The second kappa shape index (κ2) is 22.3. The summed E-state index contributed by atoms with van der Waals surface area (Å²) in [6, 6.07) is 24.1. The molecule has 0 fully saturated rings. The normalized spacial score (nSPS) is 9.23. The molecule has 4 aromatic heterocycles. The summed E-state index contributed by atoms with van der Waals surface area (Å²) in [4.78, 5) is 16.5. The summed E-state index contributed by atoms with van der Waals surface area (Å²) in [5, 5.41) is 4.74.